The molecule has 0 unspecified atom stereocenters. The van der Waals surface area contributed by atoms with Gasteiger partial charge in [0.2, 0.25) is 0 Å². The maximum absolute atomic E-state index is 11.0. The van der Waals surface area contributed by atoms with E-state index >= 15 is 0 Å². The average molecular weight is 292 g/mol. The van der Waals surface area contributed by atoms with Crippen molar-refractivity contribution < 1.29 is 9.66 Å². The van der Waals surface area contributed by atoms with E-state index in [4.69, 9.17) is 4.74 Å². The lowest BCUT2D eigenvalue weighted by molar-refractivity contribution is -0.384. The van der Waals surface area contributed by atoms with Gasteiger partial charge in [-0.15, -0.1) is 0 Å². The number of nitrogens with zero attached hydrogens (tertiary/aromatic N) is 1. The predicted octanol–water partition coefficient (Wildman–Crippen LogP) is 4.37. The number of hydrogen-bond donors (Lipinski definition) is 1. The van der Waals surface area contributed by atoms with Crippen molar-refractivity contribution in [2.75, 3.05) is 11.9 Å². The highest BCUT2D eigenvalue weighted by Gasteiger charge is 2.28. The summed E-state index contributed by atoms with van der Waals surface area (Å²) in [4.78, 5) is 10.7. The molecule has 0 aliphatic heterocycles. The summed E-state index contributed by atoms with van der Waals surface area (Å²) in [6.07, 6.45) is 4.96. The van der Waals surface area contributed by atoms with Crippen molar-refractivity contribution in [2.24, 2.45) is 5.41 Å². The van der Waals surface area contributed by atoms with E-state index in [9.17, 15) is 10.1 Å². The van der Waals surface area contributed by atoms with Gasteiger partial charge in [-0.1, -0.05) is 19.8 Å². The van der Waals surface area contributed by atoms with Crippen LogP contribution in [0.4, 0.5) is 11.4 Å². The number of rotatable bonds is 6. The summed E-state index contributed by atoms with van der Waals surface area (Å²) in [5, 5.41) is 14.4. The van der Waals surface area contributed by atoms with Crippen molar-refractivity contribution in [3.63, 3.8) is 0 Å². The third kappa shape index (κ3) is 4.34. The summed E-state index contributed by atoms with van der Waals surface area (Å²) in [5.41, 5.74) is 1.11. The Hall–Kier alpha value is -1.78. The number of nitrogens with one attached hydrogen (secondary N) is 1. The van der Waals surface area contributed by atoms with Gasteiger partial charge in [0.25, 0.3) is 5.69 Å². The lowest BCUT2D eigenvalue weighted by Crippen LogP contribution is -2.23. The average Bonchev–Trinajstić information content (AvgIpc) is 2.83. The van der Waals surface area contributed by atoms with Gasteiger partial charge >= 0.3 is 0 Å². The van der Waals surface area contributed by atoms with Gasteiger partial charge < -0.3 is 10.1 Å². The van der Waals surface area contributed by atoms with Crippen molar-refractivity contribution in [1.82, 2.24) is 0 Å². The Morgan fingerprint density at radius 2 is 2.00 bits per heavy atom. The largest absolute Gasteiger partial charge is 0.491 e. The molecule has 5 heteroatoms. The van der Waals surface area contributed by atoms with E-state index in [0.717, 1.165) is 12.2 Å². The minimum Gasteiger partial charge on any atom is -0.491 e. The Bertz CT molecular complexity index is 508. The van der Waals surface area contributed by atoms with Crippen molar-refractivity contribution in [2.45, 2.75) is 52.6 Å². The van der Waals surface area contributed by atoms with Gasteiger partial charge in [0, 0.05) is 24.4 Å². The first-order valence-corrected chi connectivity index (χ1v) is 7.58. The molecule has 1 N–H and O–H groups in total. The molecule has 0 heterocycles. The van der Waals surface area contributed by atoms with Crippen LogP contribution in [0.25, 0.3) is 0 Å². The Labute approximate surface area is 125 Å². The summed E-state index contributed by atoms with van der Waals surface area (Å²) in [6, 6.07) is 4.89. The zero-order valence-corrected chi connectivity index (χ0v) is 13.0. The van der Waals surface area contributed by atoms with Crippen LogP contribution in [-0.2, 0) is 0 Å². The SMILES string of the molecule is CC(C)Oc1cc(NCC2(C)CCCC2)cc([N+](=O)[O-])c1. The number of hydrogen-bond acceptors (Lipinski definition) is 4. The first-order valence-electron chi connectivity index (χ1n) is 7.58. The second-order valence-electron chi connectivity index (χ2n) is 6.51. The van der Waals surface area contributed by atoms with Gasteiger partial charge in [-0.3, -0.25) is 10.1 Å². The number of nitro groups is 1. The quantitative estimate of drug-likeness (QED) is 0.624. The van der Waals surface area contributed by atoms with Crippen LogP contribution < -0.4 is 10.1 Å². The van der Waals surface area contributed by atoms with E-state index in [1.54, 1.807) is 6.07 Å². The molecule has 1 aliphatic carbocycles. The van der Waals surface area contributed by atoms with Gasteiger partial charge in [0.1, 0.15) is 5.75 Å². The van der Waals surface area contributed by atoms with Crippen molar-refractivity contribution in [1.29, 1.82) is 0 Å². The van der Waals surface area contributed by atoms with Gasteiger partial charge in [0.15, 0.2) is 0 Å². The molecule has 1 fully saturated rings. The highest BCUT2D eigenvalue weighted by molar-refractivity contribution is 5.56. The van der Waals surface area contributed by atoms with Crippen LogP contribution >= 0.6 is 0 Å². The van der Waals surface area contributed by atoms with Crippen LogP contribution in [0.2, 0.25) is 0 Å². The van der Waals surface area contributed by atoms with E-state index in [2.05, 4.69) is 12.2 Å². The van der Waals surface area contributed by atoms with Gasteiger partial charge in [0.05, 0.1) is 17.1 Å². The molecule has 21 heavy (non-hydrogen) atoms. The number of benzene rings is 1. The zero-order chi connectivity index (χ0) is 15.5. The molecule has 0 saturated heterocycles. The van der Waals surface area contributed by atoms with E-state index in [1.165, 1.54) is 31.7 Å². The molecule has 0 bridgehead atoms. The fourth-order valence-corrected chi connectivity index (χ4v) is 2.85. The number of non-ortho nitro benzene ring substituents is 1. The van der Waals surface area contributed by atoms with Gasteiger partial charge in [-0.05, 0) is 32.1 Å². The van der Waals surface area contributed by atoms with E-state index in [-0.39, 0.29) is 16.7 Å². The predicted molar refractivity (Wildman–Crippen MR) is 83.9 cm³/mol. The third-order valence-corrected chi connectivity index (χ3v) is 4.00. The van der Waals surface area contributed by atoms with Crippen LogP contribution in [-0.4, -0.2) is 17.6 Å². The summed E-state index contributed by atoms with van der Waals surface area (Å²) in [6.45, 7) is 6.93. The molecule has 0 aromatic heterocycles. The Morgan fingerprint density at radius 3 is 2.57 bits per heavy atom. The molecule has 5 nitrogen and oxygen atoms in total. The molecule has 0 radical (unpaired) electrons. The molecule has 116 valence electrons. The molecule has 1 saturated carbocycles. The fraction of sp³-hybridized carbons (Fsp3) is 0.625. The van der Waals surface area contributed by atoms with E-state index in [1.807, 2.05) is 19.9 Å². The lowest BCUT2D eigenvalue weighted by atomic mass is 9.89. The molecule has 0 atom stereocenters. The molecule has 1 aromatic carbocycles. The summed E-state index contributed by atoms with van der Waals surface area (Å²) in [5.74, 6) is 0.540. The maximum Gasteiger partial charge on any atom is 0.275 e. The standard InChI is InChI=1S/C16H24N2O3/c1-12(2)21-15-9-13(8-14(10-15)18(19)20)17-11-16(3)6-4-5-7-16/h8-10,12,17H,4-7,11H2,1-3H3. The second-order valence-corrected chi connectivity index (χ2v) is 6.51. The van der Waals surface area contributed by atoms with Gasteiger partial charge in [-0.2, -0.15) is 0 Å². The zero-order valence-electron chi connectivity index (χ0n) is 13.0. The molecule has 0 amide bonds. The third-order valence-electron chi connectivity index (χ3n) is 4.00. The van der Waals surface area contributed by atoms with Crippen LogP contribution in [0, 0.1) is 15.5 Å². The lowest BCUT2D eigenvalue weighted by Gasteiger charge is -2.24. The highest BCUT2D eigenvalue weighted by Crippen LogP contribution is 2.38. The smallest absolute Gasteiger partial charge is 0.275 e. The normalized spacial score (nSPS) is 17.0. The highest BCUT2D eigenvalue weighted by atomic mass is 16.6. The van der Waals surface area contributed by atoms with Crippen LogP contribution in [0.15, 0.2) is 18.2 Å². The van der Waals surface area contributed by atoms with Gasteiger partial charge in [-0.25, -0.2) is 0 Å². The van der Waals surface area contributed by atoms with Crippen molar-refractivity contribution >= 4 is 11.4 Å². The Morgan fingerprint density at radius 1 is 1.33 bits per heavy atom. The van der Waals surface area contributed by atoms with Crippen LogP contribution in [0.5, 0.6) is 5.75 Å². The second kappa shape index (κ2) is 6.33. The van der Waals surface area contributed by atoms with E-state index in [0.29, 0.717) is 11.2 Å². The molecule has 1 aromatic rings. The molecule has 2 rings (SSSR count). The number of anilines is 1. The number of nitro benzene ring substituents is 1. The fourth-order valence-electron chi connectivity index (χ4n) is 2.85. The molecular formula is C16H24N2O3. The Balaban J connectivity index is 2.13. The minimum absolute atomic E-state index is 0.00722. The Kier molecular flexibility index (Phi) is 4.70. The summed E-state index contributed by atoms with van der Waals surface area (Å²) >= 11 is 0. The summed E-state index contributed by atoms with van der Waals surface area (Å²) in [7, 11) is 0. The van der Waals surface area contributed by atoms with Crippen LogP contribution in [0.3, 0.4) is 0 Å². The van der Waals surface area contributed by atoms with Crippen molar-refractivity contribution in [3.05, 3.63) is 28.3 Å². The molecule has 1 aliphatic rings. The molecular weight excluding hydrogens is 268 g/mol. The maximum atomic E-state index is 11.0. The summed E-state index contributed by atoms with van der Waals surface area (Å²) < 4.78 is 5.60. The topological polar surface area (TPSA) is 64.4 Å². The van der Waals surface area contributed by atoms with Crippen LogP contribution in [0.1, 0.15) is 46.5 Å². The first kappa shape index (κ1) is 15.6. The minimum atomic E-state index is -0.379. The molecule has 0 spiro atoms. The number of ether oxygens (including phenoxy) is 1. The van der Waals surface area contributed by atoms with Crippen molar-refractivity contribution in [3.8, 4) is 5.75 Å². The monoisotopic (exact) mass is 292 g/mol. The van der Waals surface area contributed by atoms with E-state index < -0.39 is 0 Å². The first-order chi connectivity index (χ1) is 9.88.